The normalized spacial score (nSPS) is 26.6. The van der Waals surface area contributed by atoms with E-state index in [9.17, 15) is 9.90 Å². The van der Waals surface area contributed by atoms with Crippen LogP contribution in [0.2, 0.25) is 0 Å². The van der Waals surface area contributed by atoms with Crippen molar-refractivity contribution >= 4 is 5.91 Å². The molecule has 28 heavy (non-hydrogen) atoms. The van der Waals surface area contributed by atoms with Gasteiger partial charge >= 0.3 is 0 Å². The number of carbonyl (C=O) groups excluding carboxylic acids is 1. The van der Waals surface area contributed by atoms with Crippen molar-refractivity contribution < 1.29 is 9.90 Å². The van der Waals surface area contributed by atoms with Crippen molar-refractivity contribution in [2.45, 2.75) is 69.8 Å². The lowest BCUT2D eigenvalue weighted by molar-refractivity contribution is -0.160. The maximum Gasteiger partial charge on any atom is 0.259 e. The lowest BCUT2D eigenvalue weighted by Gasteiger charge is -2.42. The molecule has 4 aliphatic rings. The summed E-state index contributed by atoms with van der Waals surface area (Å²) < 4.78 is 0. The van der Waals surface area contributed by atoms with Crippen LogP contribution >= 0.6 is 0 Å². The van der Waals surface area contributed by atoms with E-state index < -0.39 is 5.60 Å². The van der Waals surface area contributed by atoms with E-state index >= 15 is 0 Å². The maximum atomic E-state index is 13.6. The molecule has 1 saturated heterocycles. The van der Waals surface area contributed by atoms with Gasteiger partial charge in [-0.05, 0) is 80.6 Å². The highest BCUT2D eigenvalue weighted by atomic mass is 16.3. The van der Waals surface area contributed by atoms with Crippen LogP contribution in [0.5, 0.6) is 0 Å². The molecule has 1 unspecified atom stereocenters. The van der Waals surface area contributed by atoms with Gasteiger partial charge in [-0.2, -0.15) is 0 Å². The molecular weight excluding hydrogens is 346 g/mol. The molecule has 0 spiro atoms. The Morgan fingerprint density at radius 2 is 1.36 bits per heavy atom. The van der Waals surface area contributed by atoms with Crippen molar-refractivity contribution in [1.82, 2.24) is 4.90 Å². The first-order valence-corrected chi connectivity index (χ1v) is 11.6. The molecule has 1 atom stereocenters. The lowest BCUT2D eigenvalue weighted by Crippen LogP contribution is -2.53. The molecule has 1 heterocycles. The molecule has 0 aromatic heterocycles. The monoisotopic (exact) mass is 380 g/mol. The second-order valence-corrected chi connectivity index (χ2v) is 9.73. The third kappa shape index (κ3) is 3.40. The van der Waals surface area contributed by atoms with E-state index in [0.717, 1.165) is 74.9 Å². The molecule has 3 saturated carbocycles. The van der Waals surface area contributed by atoms with E-state index in [0.29, 0.717) is 0 Å². The molecule has 3 heteroatoms. The Bertz CT molecular complexity index is 670. The molecule has 1 amide bonds. The second-order valence-electron chi connectivity index (χ2n) is 9.73. The van der Waals surface area contributed by atoms with Crippen molar-refractivity contribution in [3.63, 3.8) is 0 Å². The van der Waals surface area contributed by atoms with E-state index in [-0.39, 0.29) is 11.8 Å². The first-order valence-electron chi connectivity index (χ1n) is 11.6. The Morgan fingerprint density at radius 1 is 0.821 bits per heavy atom. The smallest absolute Gasteiger partial charge is 0.259 e. The fourth-order valence-corrected chi connectivity index (χ4v) is 6.06. The van der Waals surface area contributed by atoms with Gasteiger partial charge in [-0.15, -0.1) is 0 Å². The number of hydrogen-bond donors (Lipinski definition) is 1. The van der Waals surface area contributed by atoms with Gasteiger partial charge in [-0.3, -0.25) is 4.79 Å². The van der Waals surface area contributed by atoms with Crippen molar-refractivity contribution in [3.05, 3.63) is 41.8 Å². The average Bonchev–Trinajstić information content (AvgIpc) is 3.69. The molecule has 3 aliphatic carbocycles. The predicted octanol–water partition coefficient (Wildman–Crippen LogP) is 4.70. The SMILES string of the molecule is O=C(N1CCC([C](C2CC2)C2CC2)CC1)C(O)(c1ccccc1)C1CCCC1. The highest BCUT2D eigenvalue weighted by Crippen LogP contribution is 2.56. The number of aliphatic hydroxyl groups is 1. The van der Waals surface area contributed by atoms with Crippen LogP contribution in [0, 0.1) is 29.6 Å². The Hall–Kier alpha value is -1.35. The minimum atomic E-state index is -1.34. The Kier molecular flexibility index (Phi) is 4.99. The van der Waals surface area contributed by atoms with Crippen LogP contribution in [0.4, 0.5) is 0 Å². The van der Waals surface area contributed by atoms with E-state index in [4.69, 9.17) is 0 Å². The molecule has 0 bridgehead atoms. The quantitative estimate of drug-likeness (QED) is 0.777. The van der Waals surface area contributed by atoms with Crippen LogP contribution in [0.15, 0.2) is 30.3 Å². The third-order valence-corrected chi connectivity index (χ3v) is 7.84. The van der Waals surface area contributed by atoms with Gasteiger partial charge in [0.15, 0.2) is 5.60 Å². The van der Waals surface area contributed by atoms with E-state index in [1.54, 1.807) is 0 Å². The second kappa shape index (κ2) is 7.48. The number of nitrogens with zero attached hydrogens (tertiary/aromatic N) is 1. The van der Waals surface area contributed by atoms with Gasteiger partial charge in [-0.25, -0.2) is 0 Å². The van der Waals surface area contributed by atoms with Gasteiger partial charge in [0.25, 0.3) is 5.91 Å². The fraction of sp³-hybridized carbons (Fsp3) is 0.680. The number of hydrogen-bond acceptors (Lipinski definition) is 2. The molecular formula is C25H34NO2. The summed E-state index contributed by atoms with van der Waals surface area (Å²) in [5.41, 5.74) is -0.554. The van der Waals surface area contributed by atoms with E-state index in [1.807, 2.05) is 41.1 Å². The number of carbonyl (C=O) groups is 1. The van der Waals surface area contributed by atoms with Gasteiger partial charge in [0.05, 0.1) is 0 Å². The number of piperidine rings is 1. The molecule has 5 rings (SSSR count). The zero-order chi connectivity index (χ0) is 19.1. The predicted molar refractivity (Wildman–Crippen MR) is 110 cm³/mol. The molecule has 1 radical (unpaired) electrons. The summed E-state index contributed by atoms with van der Waals surface area (Å²) in [6.45, 7) is 1.63. The lowest BCUT2D eigenvalue weighted by atomic mass is 9.76. The Balaban J connectivity index is 1.31. The molecule has 151 valence electrons. The standard InChI is InChI=1S/C25H34NO2/c27-24(25(28,22-8-4-5-9-22)21-6-2-1-3-7-21)26-16-14-20(15-17-26)23(18-10-11-18)19-12-13-19/h1-3,6-7,18-20,22,28H,4-5,8-17H2. The highest BCUT2D eigenvalue weighted by molar-refractivity contribution is 5.87. The third-order valence-electron chi connectivity index (χ3n) is 7.84. The van der Waals surface area contributed by atoms with Crippen molar-refractivity contribution in [3.8, 4) is 0 Å². The average molecular weight is 381 g/mol. The molecule has 1 aliphatic heterocycles. The van der Waals surface area contributed by atoms with Gasteiger partial charge in [0.2, 0.25) is 0 Å². The largest absolute Gasteiger partial charge is 0.375 e. The molecule has 1 N–H and O–H groups in total. The van der Waals surface area contributed by atoms with Crippen LogP contribution in [0.25, 0.3) is 0 Å². The Morgan fingerprint density at radius 3 is 1.89 bits per heavy atom. The number of likely N-dealkylation sites (tertiary alicyclic amines) is 1. The number of rotatable bonds is 6. The van der Waals surface area contributed by atoms with Crippen molar-refractivity contribution in [2.75, 3.05) is 13.1 Å². The van der Waals surface area contributed by atoms with Crippen LogP contribution in [0.3, 0.4) is 0 Å². The van der Waals surface area contributed by atoms with Crippen LogP contribution in [-0.2, 0) is 10.4 Å². The van der Waals surface area contributed by atoms with Crippen molar-refractivity contribution in [2.24, 2.45) is 23.7 Å². The van der Waals surface area contributed by atoms with Gasteiger partial charge in [0, 0.05) is 19.0 Å². The molecule has 4 fully saturated rings. The molecule has 1 aromatic carbocycles. The minimum Gasteiger partial charge on any atom is -0.375 e. The van der Waals surface area contributed by atoms with E-state index in [1.165, 1.54) is 25.7 Å². The van der Waals surface area contributed by atoms with Gasteiger partial charge < -0.3 is 10.0 Å². The summed E-state index contributed by atoms with van der Waals surface area (Å²) in [6, 6.07) is 9.73. The van der Waals surface area contributed by atoms with Crippen LogP contribution in [0.1, 0.15) is 69.8 Å². The minimum absolute atomic E-state index is 0.0385. The first kappa shape index (κ1) is 18.7. The summed E-state index contributed by atoms with van der Waals surface area (Å²) in [5.74, 6) is 4.41. The van der Waals surface area contributed by atoms with Gasteiger partial charge in [0.1, 0.15) is 0 Å². The topological polar surface area (TPSA) is 40.5 Å². The summed E-state index contributed by atoms with van der Waals surface area (Å²) >= 11 is 0. The van der Waals surface area contributed by atoms with Crippen LogP contribution < -0.4 is 0 Å². The van der Waals surface area contributed by atoms with E-state index in [2.05, 4.69) is 0 Å². The Labute approximate surface area is 169 Å². The van der Waals surface area contributed by atoms with Gasteiger partial charge in [-0.1, -0.05) is 43.2 Å². The zero-order valence-corrected chi connectivity index (χ0v) is 17.0. The fourth-order valence-electron chi connectivity index (χ4n) is 6.06. The summed E-state index contributed by atoms with van der Waals surface area (Å²) in [7, 11) is 0. The summed E-state index contributed by atoms with van der Waals surface area (Å²) in [4.78, 5) is 15.6. The highest BCUT2D eigenvalue weighted by Gasteiger charge is 2.50. The summed E-state index contributed by atoms with van der Waals surface area (Å²) in [5, 5.41) is 11.8. The number of amides is 1. The maximum absolute atomic E-state index is 13.6. The molecule has 1 aromatic rings. The number of benzene rings is 1. The van der Waals surface area contributed by atoms with Crippen LogP contribution in [-0.4, -0.2) is 29.0 Å². The zero-order valence-electron chi connectivity index (χ0n) is 17.0. The first-order chi connectivity index (χ1) is 13.7. The summed E-state index contributed by atoms with van der Waals surface area (Å²) in [6.07, 6.45) is 12.0. The van der Waals surface area contributed by atoms with Crippen molar-refractivity contribution in [1.29, 1.82) is 0 Å². The molecule has 3 nitrogen and oxygen atoms in total.